The van der Waals surface area contributed by atoms with E-state index >= 15 is 0 Å². The van der Waals surface area contributed by atoms with E-state index in [1.54, 1.807) is 12.1 Å². The topological polar surface area (TPSA) is 119 Å². The molecule has 2 aromatic carbocycles. The molecule has 4 aromatic rings. The van der Waals surface area contributed by atoms with Gasteiger partial charge in [0, 0.05) is 38.3 Å². The minimum Gasteiger partial charge on any atom is -0.395 e. The lowest BCUT2D eigenvalue weighted by atomic mass is 10.2. The summed E-state index contributed by atoms with van der Waals surface area (Å²) in [6.45, 7) is 5.34. The molecule has 10 nitrogen and oxygen atoms in total. The molecule has 14 heteroatoms. The Bertz CT molecular complexity index is 1510. The molecule has 0 saturated carbocycles. The standard InChI is InChI=1S/C26H25Cl2FN8O2S/c1-15-3-2-4-17(27)21(15)31-23(39)20-14-30-26(40-20)35-24-32-22(16-5-6-19(29)18(28)13-16)33-25(34-24)37-9-7-36(8-10-37)11-12-38/h2-6,13-14,38H,7-12H2,1H3,(H,31,39)(H,30,32,33,34,35). The first-order valence-electron chi connectivity index (χ1n) is 12.4. The lowest BCUT2D eigenvalue weighted by Gasteiger charge is -2.34. The largest absolute Gasteiger partial charge is 0.395 e. The number of benzene rings is 2. The number of β-amino-alcohol motifs (C(OH)–C–C–N with tert-alkyl or cyclic N) is 1. The molecule has 2 aromatic heterocycles. The van der Waals surface area contributed by atoms with Crippen LogP contribution < -0.4 is 15.5 Å². The predicted octanol–water partition coefficient (Wildman–Crippen LogP) is 4.86. The van der Waals surface area contributed by atoms with Gasteiger partial charge in [0.05, 0.1) is 28.5 Å². The first-order valence-corrected chi connectivity index (χ1v) is 14.0. The Morgan fingerprint density at radius 1 is 1.10 bits per heavy atom. The van der Waals surface area contributed by atoms with Crippen molar-refractivity contribution in [1.82, 2.24) is 24.8 Å². The molecule has 0 aliphatic carbocycles. The highest BCUT2D eigenvalue weighted by molar-refractivity contribution is 7.17. The summed E-state index contributed by atoms with van der Waals surface area (Å²) in [5.41, 5.74) is 1.90. The maximum atomic E-state index is 13.8. The highest BCUT2D eigenvalue weighted by atomic mass is 35.5. The summed E-state index contributed by atoms with van der Waals surface area (Å²) in [5, 5.41) is 16.0. The lowest BCUT2D eigenvalue weighted by molar-refractivity contribution is 0.103. The molecule has 0 unspecified atom stereocenters. The number of aliphatic hydroxyl groups is 1. The normalized spacial score (nSPS) is 13.9. The second-order valence-electron chi connectivity index (χ2n) is 9.00. The molecule has 0 spiro atoms. The van der Waals surface area contributed by atoms with Gasteiger partial charge < -0.3 is 15.3 Å². The molecule has 3 N–H and O–H groups in total. The van der Waals surface area contributed by atoms with E-state index in [1.807, 2.05) is 24.0 Å². The number of hydrogen-bond acceptors (Lipinski definition) is 10. The fourth-order valence-corrected chi connectivity index (χ4v) is 5.29. The van der Waals surface area contributed by atoms with E-state index in [-0.39, 0.29) is 23.5 Å². The molecule has 1 amide bonds. The Kier molecular flexibility index (Phi) is 8.72. The Morgan fingerprint density at radius 2 is 1.90 bits per heavy atom. The number of aromatic nitrogens is 4. The minimum atomic E-state index is -0.543. The number of thiazole rings is 1. The van der Waals surface area contributed by atoms with Gasteiger partial charge in [-0.2, -0.15) is 15.0 Å². The molecule has 1 fully saturated rings. The zero-order valence-corrected chi connectivity index (χ0v) is 23.7. The zero-order valence-electron chi connectivity index (χ0n) is 21.4. The van der Waals surface area contributed by atoms with Gasteiger partial charge in [-0.15, -0.1) is 0 Å². The van der Waals surface area contributed by atoms with Crippen molar-refractivity contribution in [2.45, 2.75) is 6.92 Å². The molecule has 0 bridgehead atoms. The Morgan fingerprint density at radius 3 is 2.62 bits per heavy atom. The molecule has 1 aliphatic heterocycles. The number of anilines is 4. The van der Waals surface area contributed by atoms with Crippen molar-refractivity contribution in [3.63, 3.8) is 0 Å². The third-order valence-electron chi connectivity index (χ3n) is 6.28. The van der Waals surface area contributed by atoms with Crippen LogP contribution in [-0.2, 0) is 0 Å². The average Bonchev–Trinajstić information content (AvgIpc) is 3.41. The average molecular weight is 604 g/mol. The summed E-state index contributed by atoms with van der Waals surface area (Å²) in [4.78, 5) is 35.5. The third kappa shape index (κ3) is 6.48. The number of piperazine rings is 1. The fraction of sp³-hybridized carbons (Fsp3) is 0.269. The van der Waals surface area contributed by atoms with Gasteiger partial charge in [-0.3, -0.25) is 15.0 Å². The van der Waals surface area contributed by atoms with E-state index < -0.39 is 5.82 Å². The lowest BCUT2D eigenvalue weighted by Crippen LogP contribution is -2.47. The summed E-state index contributed by atoms with van der Waals surface area (Å²) in [6.07, 6.45) is 1.46. The van der Waals surface area contributed by atoms with Gasteiger partial charge >= 0.3 is 0 Å². The highest BCUT2D eigenvalue weighted by Crippen LogP contribution is 2.29. The quantitative estimate of drug-likeness (QED) is 0.260. The number of hydrogen-bond donors (Lipinski definition) is 3. The summed E-state index contributed by atoms with van der Waals surface area (Å²) >= 11 is 13.4. The van der Waals surface area contributed by atoms with Crippen LogP contribution in [-0.4, -0.2) is 75.2 Å². The number of carbonyl (C=O) groups excluding carboxylic acids is 1. The third-order valence-corrected chi connectivity index (χ3v) is 7.80. The van der Waals surface area contributed by atoms with Crippen LogP contribution in [0.5, 0.6) is 0 Å². The number of aryl methyl sites for hydroxylation is 1. The van der Waals surface area contributed by atoms with Crippen molar-refractivity contribution < 1.29 is 14.3 Å². The van der Waals surface area contributed by atoms with Gasteiger partial charge in [-0.1, -0.05) is 46.7 Å². The number of halogens is 3. The second-order valence-corrected chi connectivity index (χ2v) is 10.8. The molecule has 40 heavy (non-hydrogen) atoms. The van der Waals surface area contributed by atoms with Gasteiger partial charge in [0.2, 0.25) is 11.9 Å². The second kappa shape index (κ2) is 12.4. The summed E-state index contributed by atoms with van der Waals surface area (Å²) in [6, 6.07) is 9.65. The van der Waals surface area contributed by atoms with E-state index in [2.05, 4.69) is 35.5 Å². The summed E-state index contributed by atoms with van der Waals surface area (Å²) < 4.78 is 13.8. The van der Waals surface area contributed by atoms with Crippen LogP contribution in [0.4, 0.5) is 27.1 Å². The van der Waals surface area contributed by atoms with Crippen LogP contribution in [0.25, 0.3) is 11.4 Å². The number of nitrogens with zero attached hydrogens (tertiary/aromatic N) is 6. The molecule has 3 heterocycles. The maximum Gasteiger partial charge on any atom is 0.267 e. The van der Waals surface area contributed by atoms with Crippen LogP contribution in [0.3, 0.4) is 0 Å². The SMILES string of the molecule is Cc1cccc(Cl)c1NC(=O)c1cnc(Nc2nc(-c3ccc(F)c(Cl)c3)nc(N3CCN(CCO)CC3)n2)s1. The van der Waals surface area contributed by atoms with E-state index in [4.69, 9.17) is 23.2 Å². The Hall–Kier alpha value is -3.42. The molecule has 5 rings (SSSR count). The van der Waals surface area contributed by atoms with E-state index in [1.165, 1.54) is 18.3 Å². The van der Waals surface area contributed by atoms with Crippen LogP contribution in [0.1, 0.15) is 15.2 Å². The van der Waals surface area contributed by atoms with Crippen LogP contribution in [0.15, 0.2) is 42.6 Å². The number of nitrogens with one attached hydrogen (secondary N) is 2. The number of carbonyl (C=O) groups is 1. The zero-order chi connectivity index (χ0) is 28.2. The van der Waals surface area contributed by atoms with Crippen molar-refractivity contribution in [1.29, 1.82) is 0 Å². The maximum absolute atomic E-state index is 13.8. The molecular formula is C26H25Cl2FN8O2S. The number of amides is 1. The molecule has 208 valence electrons. The van der Waals surface area contributed by atoms with Gasteiger partial charge in [-0.25, -0.2) is 9.37 Å². The van der Waals surface area contributed by atoms with Crippen molar-refractivity contribution in [2.75, 3.05) is 54.9 Å². The van der Waals surface area contributed by atoms with Crippen LogP contribution >= 0.6 is 34.5 Å². The van der Waals surface area contributed by atoms with E-state index in [9.17, 15) is 14.3 Å². The van der Waals surface area contributed by atoms with Gasteiger partial charge in [0.15, 0.2) is 11.0 Å². The van der Waals surface area contributed by atoms with Gasteiger partial charge in [0.25, 0.3) is 5.91 Å². The number of rotatable bonds is 8. The fourth-order valence-electron chi connectivity index (χ4n) is 4.14. The Labute approximate surface area is 243 Å². The van der Waals surface area contributed by atoms with E-state index in [0.717, 1.165) is 30.0 Å². The summed E-state index contributed by atoms with van der Waals surface area (Å²) in [5.74, 6) is 0.0526. The first-order chi connectivity index (χ1) is 19.3. The highest BCUT2D eigenvalue weighted by Gasteiger charge is 2.22. The number of para-hydroxylation sites is 1. The molecule has 1 saturated heterocycles. The van der Waals surface area contributed by atoms with Gasteiger partial charge in [-0.05, 0) is 36.8 Å². The monoisotopic (exact) mass is 602 g/mol. The molecule has 1 aliphatic rings. The minimum absolute atomic E-state index is 0.0454. The van der Waals surface area contributed by atoms with Crippen molar-refractivity contribution in [2.24, 2.45) is 0 Å². The Balaban J connectivity index is 1.40. The van der Waals surface area contributed by atoms with Gasteiger partial charge in [0.1, 0.15) is 10.7 Å². The van der Waals surface area contributed by atoms with E-state index in [0.29, 0.717) is 57.7 Å². The number of aliphatic hydroxyl groups excluding tert-OH is 1. The van der Waals surface area contributed by atoms with Crippen LogP contribution in [0, 0.1) is 12.7 Å². The molecular weight excluding hydrogens is 578 g/mol. The predicted molar refractivity (Wildman–Crippen MR) is 156 cm³/mol. The van der Waals surface area contributed by atoms with Crippen molar-refractivity contribution in [3.05, 3.63) is 68.9 Å². The first kappa shape index (κ1) is 28.1. The summed E-state index contributed by atoms with van der Waals surface area (Å²) in [7, 11) is 0. The van der Waals surface area contributed by atoms with Crippen molar-refractivity contribution >= 4 is 63.2 Å². The van der Waals surface area contributed by atoms with Crippen molar-refractivity contribution in [3.8, 4) is 11.4 Å². The smallest absolute Gasteiger partial charge is 0.267 e. The molecule has 0 atom stereocenters. The van der Waals surface area contributed by atoms with Crippen LogP contribution in [0.2, 0.25) is 10.0 Å². The molecule has 0 radical (unpaired) electrons.